The van der Waals surface area contributed by atoms with Gasteiger partial charge < -0.3 is 4.42 Å². The Kier molecular flexibility index (Phi) is 5.42. The van der Waals surface area contributed by atoms with E-state index < -0.39 is 0 Å². The van der Waals surface area contributed by atoms with Crippen molar-refractivity contribution in [1.82, 2.24) is 10.2 Å². The minimum absolute atomic E-state index is 0.117. The molecule has 3 aromatic rings. The van der Waals surface area contributed by atoms with Crippen LogP contribution in [0.3, 0.4) is 0 Å². The predicted molar refractivity (Wildman–Crippen MR) is 104 cm³/mol. The van der Waals surface area contributed by atoms with E-state index in [1.54, 1.807) is 6.07 Å². The average Bonchev–Trinajstić information content (AvgIpc) is 3.02. The molecule has 2 aromatic carbocycles. The lowest BCUT2D eigenvalue weighted by Crippen LogP contribution is -2.10. The predicted octanol–water partition coefficient (Wildman–Crippen LogP) is 6.63. The fourth-order valence-corrected chi connectivity index (χ4v) is 3.60. The van der Waals surface area contributed by atoms with Gasteiger partial charge in [0.05, 0.1) is 0 Å². The first-order valence-corrected chi connectivity index (χ1v) is 9.58. The van der Waals surface area contributed by atoms with Crippen molar-refractivity contribution in [1.29, 1.82) is 0 Å². The molecule has 0 aliphatic carbocycles. The highest BCUT2D eigenvalue weighted by atomic mass is 35.5. The van der Waals surface area contributed by atoms with Crippen LogP contribution in [0.2, 0.25) is 10.0 Å². The lowest BCUT2D eigenvalue weighted by molar-refractivity contribution is 0.466. The van der Waals surface area contributed by atoms with Crippen LogP contribution >= 0.6 is 35.0 Å². The smallest absolute Gasteiger partial charge is 0.277 e. The number of aromatic nitrogens is 2. The highest BCUT2D eigenvalue weighted by Crippen LogP contribution is 2.30. The molecular formula is C19H18Cl2N2OS. The summed E-state index contributed by atoms with van der Waals surface area (Å²) in [6, 6.07) is 13.7. The molecule has 0 fully saturated rings. The molecule has 25 heavy (non-hydrogen) atoms. The molecule has 0 aliphatic heterocycles. The summed E-state index contributed by atoms with van der Waals surface area (Å²) in [5, 5.41) is 10.0. The van der Waals surface area contributed by atoms with Crippen LogP contribution in [0.5, 0.6) is 0 Å². The monoisotopic (exact) mass is 392 g/mol. The Morgan fingerprint density at radius 2 is 1.72 bits per heavy atom. The lowest BCUT2D eigenvalue weighted by atomic mass is 9.87. The second-order valence-electron chi connectivity index (χ2n) is 6.72. The molecule has 0 amide bonds. The summed E-state index contributed by atoms with van der Waals surface area (Å²) in [5.74, 6) is 1.16. The van der Waals surface area contributed by atoms with Crippen LogP contribution in [0, 0.1) is 0 Å². The molecule has 0 aliphatic rings. The minimum atomic E-state index is 0.117. The molecule has 0 unspecified atom stereocenters. The Balaban J connectivity index is 1.70. The molecule has 0 saturated carbocycles. The second-order valence-corrected chi connectivity index (χ2v) is 8.50. The third kappa shape index (κ3) is 4.57. The summed E-state index contributed by atoms with van der Waals surface area (Å²) in [6.45, 7) is 6.56. The van der Waals surface area contributed by atoms with Gasteiger partial charge in [-0.3, -0.25) is 0 Å². The molecule has 130 valence electrons. The molecular weight excluding hydrogens is 375 g/mol. The lowest BCUT2D eigenvalue weighted by Gasteiger charge is -2.18. The standard InChI is InChI=1S/C19H18Cl2N2OS/c1-19(2,3)14-7-4-12(5-8-14)17-22-23-18(24-17)25-11-13-6-9-15(20)10-16(13)21/h4-10H,11H2,1-3H3. The number of hydrogen-bond donors (Lipinski definition) is 0. The van der Waals surface area contributed by atoms with Crippen molar-refractivity contribution in [2.45, 2.75) is 37.2 Å². The van der Waals surface area contributed by atoms with Gasteiger partial charge in [0, 0.05) is 21.4 Å². The topological polar surface area (TPSA) is 38.9 Å². The van der Waals surface area contributed by atoms with Gasteiger partial charge in [0.2, 0.25) is 5.89 Å². The summed E-state index contributed by atoms with van der Waals surface area (Å²) in [4.78, 5) is 0. The first-order chi connectivity index (χ1) is 11.8. The fraction of sp³-hybridized carbons (Fsp3) is 0.263. The molecule has 6 heteroatoms. The summed E-state index contributed by atoms with van der Waals surface area (Å²) in [5.41, 5.74) is 3.27. The molecule has 0 saturated heterocycles. The average molecular weight is 393 g/mol. The van der Waals surface area contributed by atoms with Crippen molar-refractivity contribution in [3.05, 3.63) is 63.6 Å². The van der Waals surface area contributed by atoms with Gasteiger partial charge in [-0.15, -0.1) is 10.2 Å². The van der Waals surface area contributed by atoms with Gasteiger partial charge in [0.1, 0.15) is 0 Å². The van der Waals surface area contributed by atoms with Gasteiger partial charge in [-0.05, 0) is 40.8 Å². The maximum absolute atomic E-state index is 6.18. The maximum Gasteiger partial charge on any atom is 0.277 e. The molecule has 1 heterocycles. The molecule has 3 rings (SSSR count). The normalized spacial score (nSPS) is 11.7. The van der Waals surface area contributed by atoms with Crippen LogP contribution in [0.15, 0.2) is 52.1 Å². The van der Waals surface area contributed by atoms with E-state index in [1.807, 2.05) is 24.3 Å². The highest BCUT2D eigenvalue weighted by molar-refractivity contribution is 7.98. The first kappa shape index (κ1) is 18.3. The van der Waals surface area contributed by atoms with Crippen LogP contribution in [0.25, 0.3) is 11.5 Å². The first-order valence-electron chi connectivity index (χ1n) is 7.84. The number of thioether (sulfide) groups is 1. The molecule has 0 bridgehead atoms. The van der Waals surface area contributed by atoms with Gasteiger partial charge in [0.15, 0.2) is 0 Å². The Hall–Kier alpha value is -1.49. The van der Waals surface area contributed by atoms with E-state index in [4.69, 9.17) is 27.6 Å². The zero-order chi connectivity index (χ0) is 18.0. The Morgan fingerprint density at radius 3 is 2.36 bits per heavy atom. The van der Waals surface area contributed by atoms with E-state index >= 15 is 0 Å². The Morgan fingerprint density at radius 1 is 1.00 bits per heavy atom. The Bertz CT molecular complexity index is 870. The molecule has 0 atom stereocenters. The van der Waals surface area contributed by atoms with Crippen LogP contribution in [-0.2, 0) is 11.2 Å². The van der Waals surface area contributed by atoms with Gasteiger partial charge >= 0.3 is 0 Å². The zero-order valence-corrected chi connectivity index (χ0v) is 16.5. The number of nitrogens with zero attached hydrogens (tertiary/aromatic N) is 2. The van der Waals surface area contributed by atoms with Gasteiger partial charge in [0.25, 0.3) is 5.22 Å². The summed E-state index contributed by atoms with van der Waals surface area (Å²) in [7, 11) is 0. The van der Waals surface area contributed by atoms with E-state index in [2.05, 4.69) is 43.1 Å². The number of halogens is 2. The van der Waals surface area contributed by atoms with Crippen LogP contribution in [0.4, 0.5) is 0 Å². The van der Waals surface area contributed by atoms with Crippen LogP contribution < -0.4 is 0 Å². The third-order valence-electron chi connectivity index (χ3n) is 3.77. The van der Waals surface area contributed by atoms with Crippen LogP contribution in [-0.4, -0.2) is 10.2 Å². The minimum Gasteiger partial charge on any atom is -0.411 e. The van der Waals surface area contributed by atoms with Crippen molar-refractivity contribution in [2.24, 2.45) is 0 Å². The largest absolute Gasteiger partial charge is 0.411 e. The van der Waals surface area contributed by atoms with Crippen molar-refractivity contribution in [3.63, 3.8) is 0 Å². The fourth-order valence-electron chi connectivity index (χ4n) is 2.28. The molecule has 0 radical (unpaired) electrons. The van der Waals surface area contributed by atoms with E-state index in [9.17, 15) is 0 Å². The highest BCUT2D eigenvalue weighted by Gasteiger charge is 2.15. The molecule has 1 aromatic heterocycles. The van der Waals surface area contributed by atoms with E-state index in [0.29, 0.717) is 26.9 Å². The number of rotatable bonds is 4. The van der Waals surface area contributed by atoms with Gasteiger partial charge in [-0.1, -0.05) is 73.9 Å². The van der Waals surface area contributed by atoms with E-state index in [-0.39, 0.29) is 5.41 Å². The Labute approximate surface area is 161 Å². The van der Waals surface area contributed by atoms with E-state index in [0.717, 1.165) is 11.1 Å². The van der Waals surface area contributed by atoms with Gasteiger partial charge in [-0.25, -0.2) is 0 Å². The maximum atomic E-state index is 6.18. The van der Waals surface area contributed by atoms with Crippen molar-refractivity contribution in [2.75, 3.05) is 0 Å². The van der Waals surface area contributed by atoms with Crippen molar-refractivity contribution >= 4 is 35.0 Å². The quantitative estimate of drug-likeness (QED) is 0.466. The summed E-state index contributed by atoms with van der Waals surface area (Å²) < 4.78 is 5.75. The molecule has 0 spiro atoms. The summed E-state index contributed by atoms with van der Waals surface area (Å²) in [6.07, 6.45) is 0. The number of benzene rings is 2. The SMILES string of the molecule is CC(C)(C)c1ccc(-c2nnc(SCc3ccc(Cl)cc3Cl)o2)cc1. The molecule has 3 nitrogen and oxygen atoms in total. The van der Waals surface area contributed by atoms with Crippen LogP contribution in [0.1, 0.15) is 31.9 Å². The second kappa shape index (κ2) is 7.40. The van der Waals surface area contributed by atoms with E-state index in [1.165, 1.54) is 17.3 Å². The third-order valence-corrected chi connectivity index (χ3v) is 5.22. The molecule has 0 N–H and O–H groups in total. The number of hydrogen-bond acceptors (Lipinski definition) is 4. The van der Waals surface area contributed by atoms with Gasteiger partial charge in [-0.2, -0.15) is 0 Å². The van der Waals surface area contributed by atoms with Crippen molar-refractivity contribution in [3.8, 4) is 11.5 Å². The zero-order valence-electron chi connectivity index (χ0n) is 14.2. The summed E-state index contributed by atoms with van der Waals surface area (Å²) >= 11 is 13.5. The van der Waals surface area contributed by atoms with Crippen molar-refractivity contribution < 1.29 is 4.42 Å².